The normalized spacial score (nSPS) is 14.1. The summed E-state index contributed by atoms with van der Waals surface area (Å²) in [5, 5.41) is 0.797. The number of hydrogen-bond acceptors (Lipinski definition) is 6. The molecule has 0 bridgehead atoms. The fourth-order valence-electron chi connectivity index (χ4n) is 2.31. The Labute approximate surface area is 127 Å². The molecule has 0 atom stereocenters. The Balaban J connectivity index is 2.02. The minimum atomic E-state index is -0.394. The van der Waals surface area contributed by atoms with E-state index >= 15 is 0 Å². The second-order valence-electron chi connectivity index (χ2n) is 4.71. The molecule has 0 saturated carbocycles. The van der Waals surface area contributed by atoms with Crippen LogP contribution >= 0.6 is 11.3 Å². The van der Waals surface area contributed by atoms with E-state index in [0.717, 1.165) is 34.4 Å². The van der Waals surface area contributed by atoms with Crippen molar-refractivity contribution in [3.63, 3.8) is 0 Å². The number of carbonyl (C=O) groups is 1. The van der Waals surface area contributed by atoms with Crippen LogP contribution in [0.1, 0.15) is 21.8 Å². The van der Waals surface area contributed by atoms with Gasteiger partial charge < -0.3 is 14.4 Å². The standard InChI is InChI=1S/C15H16N2O3S/c1-10-13(14(18)19-2)16-15(21-10)17-8-5-9-20-12-7-4-3-6-11(12)17/h3-4,6-7H,5,8-9H2,1-2H3. The lowest BCUT2D eigenvalue weighted by molar-refractivity contribution is 0.0594. The van der Waals surface area contributed by atoms with Crippen LogP contribution in [0.4, 0.5) is 10.8 Å². The van der Waals surface area contributed by atoms with Gasteiger partial charge in [-0.1, -0.05) is 12.1 Å². The Morgan fingerprint density at radius 2 is 2.24 bits per heavy atom. The van der Waals surface area contributed by atoms with Gasteiger partial charge in [-0.3, -0.25) is 0 Å². The molecule has 0 spiro atoms. The molecule has 6 heteroatoms. The molecule has 3 rings (SSSR count). The van der Waals surface area contributed by atoms with Crippen LogP contribution in [0.2, 0.25) is 0 Å². The van der Waals surface area contributed by atoms with Gasteiger partial charge in [-0.15, -0.1) is 11.3 Å². The first-order valence-corrected chi connectivity index (χ1v) is 7.57. The number of carbonyl (C=O) groups excluding carboxylic acids is 1. The van der Waals surface area contributed by atoms with E-state index in [1.165, 1.54) is 18.4 Å². The molecule has 0 saturated heterocycles. The number of aryl methyl sites for hydroxylation is 1. The Morgan fingerprint density at radius 1 is 1.43 bits per heavy atom. The van der Waals surface area contributed by atoms with Crippen LogP contribution in [-0.2, 0) is 4.74 Å². The number of methoxy groups -OCH3 is 1. The molecule has 2 aromatic rings. The summed E-state index contributed by atoms with van der Waals surface area (Å²) < 4.78 is 10.5. The van der Waals surface area contributed by atoms with E-state index in [4.69, 9.17) is 9.47 Å². The van der Waals surface area contributed by atoms with Gasteiger partial charge in [-0.05, 0) is 25.5 Å². The molecule has 0 unspecified atom stereocenters. The molecule has 2 heterocycles. The molecule has 110 valence electrons. The third-order valence-electron chi connectivity index (χ3n) is 3.33. The van der Waals surface area contributed by atoms with E-state index in [1.807, 2.05) is 31.2 Å². The van der Waals surface area contributed by atoms with Crippen LogP contribution in [0, 0.1) is 6.92 Å². The number of rotatable bonds is 2. The van der Waals surface area contributed by atoms with Gasteiger partial charge >= 0.3 is 5.97 Å². The largest absolute Gasteiger partial charge is 0.491 e. The molecule has 21 heavy (non-hydrogen) atoms. The number of nitrogens with zero attached hydrogens (tertiary/aromatic N) is 2. The van der Waals surface area contributed by atoms with Crippen molar-refractivity contribution in [2.75, 3.05) is 25.2 Å². The lowest BCUT2D eigenvalue weighted by atomic mass is 10.2. The monoisotopic (exact) mass is 304 g/mol. The molecule has 0 amide bonds. The van der Waals surface area contributed by atoms with Gasteiger partial charge in [0.25, 0.3) is 0 Å². The van der Waals surface area contributed by atoms with Gasteiger partial charge in [-0.25, -0.2) is 9.78 Å². The number of aromatic nitrogens is 1. The van der Waals surface area contributed by atoms with Crippen molar-refractivity contribution in [2.24, 2.45) is 0 Å². The first kappa shape index (κ1) is 13.9. The molecular formula is C15H16N2O3S. The average Bonchev–Trinajstić information content (AvgIpc) is 2.76. The highest BCUT2D eigenvalue weighted by atomic mass is 32.1. The third kappa shape index (κ3) is 2.58. The molecule has 0 N–H and O–H groups in total. The number of anilines is 2. The fraction of sp³-hybridized carbons (Fsp3) is 0.333. The summed E-state index contributed by atoms with van der Waals surface area (Å²) in [5.74, 6) is 0.455. The zero-order valence-corrected chi connectivity index (χ0v) is 12.8. The number of hydrogen-bond donors (Lipinski definition) is 0. The van der Waals surface area contributed by atoms with Crippen LogP contribution in [0.5, 0.6) is 5.75 Å². The first-order valence-electron chi connectivity index (χ1n) is 6.76. The number of fused-ring (bicyclic) bond motifs is 1. The Morgan fingerprint density at radius 3 is 3.05 bits per heavy atom. The van der Waals surface area contributed by atoms with E-state index in [-0.39, 0.29) is 0 Å². The average molecular weight is 304 g/mol. The van der Waals surface area contributed by atoms with Crippen molar-refractivity contribution in [1.82, 2.24) is 4.98 Å². The van der Waals surface area contributed by atoms with Crippen LogP contribution < -0.4 is 9.64 Å². The van der Waals surface area contributed by atoms with Crippen LogP contribution in [0.3, 0.4) is 0 Å². The highest BCUT2D eigenvalue weighted by Gasteiger charge is 2.23. The lowest BCUT2D eigenvalue weighted by Crippen LogP contribution is -2.17. The Bertz CT molecular complexity index is 669. The zero-order chi connectivity index (χ0) is 14.8. The minimum Gasteiger partial charge on any atom is -0.491 e. The molecule has 1 aliphatic rings. The van der Waals surface area contributed by atoms with Crippen molar-refractivity contribution in [3.05, 3.63) is 34.8 Å². The quantitative estimate of drug-likeness (QED) is 0.798. The molecule has 0 radical (unpaired) electrons. The van der Waals surface area contributed by atoms with Gasteiger partial charge in [0, 0.05) is 11.4 Å². The van der Waals surface area contributed by atoms with Gasteiger partial charge in [0.05, 0.1) is 19.4 Å². The second-order valence-corrected chi connectivity index (χ2v) is 5.90. The smallest absolute Gasteiger partial charge is 0.357 e. The van der Waals surface area contributed by atoms with E-state index in [9.17, 15) is 4.79 Å². The third-order valence-corrected chi connectivity index (χ3v) is 4.33. The van der Waals surface area contributed by atoms with Gasteiger partial charge in [-0.2, -0.15) is 0 Å². The molecular weight excluding hydrogens is 288 g/mol. The highest BCUT2D eigenvalue weighted by Crippen LogP contribution is 2.38. The Kier molecular flexibility index (Phi) is 3.79. The molecule has 1 aliphatic heterocycles. The van der Waals surface area contributed by atoms with Crippen LogP contribution in [0.25, 0.3) is 0 Å². The molecule has 0 fully saturated rings. The van der Waals surface area contributed by atoms with E-state index in [0.29, 0.717) is 12.3 Å². The highest BCUT2D eigenvalue weighted by molar-refractivity contribution is 7.15. The van der Waals surface area contributed by atoms with Gasteiger partial charge in [0.1, 0.15) is 5.75 Å². The van der Waals surface area contributed by atoms with Gasteiger partial charge in [0.2, 0.25) is 0 Å². The summed E-state index contributed by atoms with van der Waals surface area (Å²) >= 11 is 1.50. The summed E-state index contributed by atoms with van der Waals surface area (Å²) in [6.45, 7) is 3.37. The maximum absolute atomic E-state index is 11.7. The number of para-hydroxylation sites is 2. The minimum absolute atomic E-state index is 0.389. The summed E-state index contributed by atoms with van der Waals surface area (Å²) in [6.07, 6.45) is 0.904. The van der Waals surface area contributed by atoms with E-state index in [1.54, 1.807) is 0 Å². The van der Waals surface area contributed by atoms with Gasteiger partial charge in [0.15, 0.2) is 10.8 Å². The maximum atomic E-state index is 11.7. The van der Waals surface area contributed by atoms with Crippen molar-refractivity contribution in [1.29, 1.82) is 0 Å². The number of ether oxygens (including phenoxy) is 2. The van der Waals surface area contributed by atoms with E-state index < -0.39 is 5.97 Å². The summed E-state index contributed by atoms with van der Waals surface area (Å²) in [6, 6.07) is 7.89. The molecule has 5 nitrogen and oxygen atoms in total. The van der Waals surface area contributed by atoms with E-state index in [2.05, 4.69) is 9.88 Å². The molecule has 1 aromatic heterocycles. The van der Waals surface area contributed by atoms with Crippen molar-refractivity contribution in [2.45, 2.75) is 13.3 Å². The number of thiazole rings is 1. The SMILES string of the molecule is COC(=O)c1nc(N2CCCOc3ccccc32)sc1C. The second kappa shape index (κ2) is 5.73. The van der Waals surface area contributed by atoms with Crippen molar-refractivity contribution < 1.29 is 14.3 Å². The van der Waals surface area contributed by atoms with Crippen molar-refractivity contribution >= 4 is 28.1 Å². The van der Waals surface area contributed by atoms with Crippen LogP contribution in [0.15, 0.2) is 24.3 Å². The van der Waals surface area contributed by atoms with Crippen molar-refractivity contribution in [3.8, 4) is 5.75 Å². The Hall–Kier alpha value is -2.08. The lowest BCUT2D eigenvalue weighted by Gasteiger charge is -2.20. The summed E-state index contributed by atoms with van der Waals surface area (Å²) in [5.41, 5.74) is 1.38. The summed E-state index contributed by atoms with van der Waals surface area (Å²) in [4.78, 5) is 19.1. The molecule has 1 aromatic carbocycles. The fourth-order valence-corrected chi connectivity index (χ4v) is 3.25. The number of benzene rings is 1. The zero-order valence-electron chi connectivity index (χ0n) is 12.0. The summed E-state index contributed by atoms with van der Waals surface area (Å²) in [7, 11) is 1.37. The molecule has 0 aliphatic carbocycles. The maximum Gasteiger partial charge on any atom is 0.357 e. The number of esters is 1. The predicted molar refractivity (Wildman–Crippen MR) is 81.8 cm³/mol. The predicted octanol–water partition coefficient (Wildman–Crippen LogP) is 3.16. The topological polar surface area (TPSA) is 51.7 Å². The van der Waals surface area contributed by atoms with Crippen LogP contribution in [-0.4, -0.2) is 31.2 Å². The first-order chi connectivity index (χ1) is 10.2.